The molecule has 0 aromatic heterocycles. The van der Waals surface area contributed by atoms with E-state index in [4.69, 9.17) is 14.2 Å². The van der Waals surface area contributed by atoms with Crippen LogP contribution >= 0.6 is 0 Å². The topological polar surface area (TPSA) is 68.2 Å². The van der Waals surface area contributed by atoms with Crippen LogP contribution in [0.2, 0.25) is 0 Å². The van der Waals surface area contributed by atoms with E-state index in [1.807, 2.05) is 50.2 Å². The predicted molar refractivity (Wildman–Crippen MR) is 89.3 cm³/mol. The van der Waals surface area contributed by atoms with E-state index in [9.17, 15) is 10.2 Å². The van der Waals surface area contributed by atoms with Gasteiger partial charge in [0, 0.05) is 11.1 Å². The Morgan fingerprint density at radius 1 is 1.04 bits per heavy atom. The van der Waals surface area contributed by atoms with Crippen molar-refractivity contribution in [3.8, 4) is 11.5 Å². The van der Waals surface area contributed by atoms with E-state index in [1.165, 1.54) is 0 Å². The van der Waals surface area contributed by atoms with Crippen molar-refractivity contribution in [2.75, 3.05) is 0 Å². The molecule has 0 aliphatic carbocycles. The number of aliphatic hydroxyl groups is 2. The van der Waals surface area contributed by atoms with Crippen molar-refractivity contribution >= 4 is 0 Å². The minimum Gasteiger partial charge on any atom is -0.461 e. The first kappa shape index (κ1) is 15.2. The molecule has 0 amide bonds. The molecule has 3 aliphatic rings. The van der Waals surface area contributed by atoms with Gasteiger partial charge in [0.2, 0.25) is 12.6 Å². The molecule has 4 atom stereocenters. The summed E-state index contributed by atoms with van der Waals surface area (Å²) in [6, 6.07) is 11.5. The molecular formula is C20H20O5. The summed E-state index contributed by atoms with van der Waals surface area (Å²) in [4.78, 5) is 0. The standard InChI is InChI=1S/C20H20O5/c1-11-6-7-13-15(10-11)23-17(21)20(13)9-8-19(22)14-5-3-4-12(2)16(14)24-18(19)25-20/h3-7,10,17-18,21-22H,8-9H2,1-2H3. The van der Waals surface area contributed by atoms with Gasteiger partial charge in [-0.25, -0.2) is 0 Å². The number of aryl methyl sites for hydroxylation is 2. The van der Waals surface area contributed by atoms with Crippen molar-refractivity contribution < 1.29 is 24.4 Å². The van der Waals surface area contributed by atoms with Gasteiger partial charge in [0.15, 0.2) is 11.2 Å². The third-order valence-electron chi connectivity index (χ3n) is 5.72. The van der Waals surface area contributed by atoms with Gasteiger partial charge in [0.25, 0.3) is 0 Å². The highest BCUT2D eigenvalue weighted by molar-refractivity contribution is 5.50. The smallest absolute Gasteiger partial charge is 0.234 e. The molecule has 25 heavy (non-hydrogen) atoms. The lowest BCUT2D eigenvalue weighted by atomic mass is 9.78. The maximum Gasteiger partial charge on any atom is 0.234 e. The highest BCUT2D eigenvalue weighted by atomic mass is 16.7. The Hall–Kier alpha value is -2.08. The molecule has 0 radical (unpaired) electrons. The fourth-order valence-corrected chi connectivity index (χ4v) is 4.29. The van der Waals surface area contributed by atoms with Crippen molar-refractivity contribution in [2.24, 2.45) is 0 Å². The molecule has 3 aliphatic heterocycles. The first-order chi connectivity index (χ1) is 11.9. The van der Waals surface area contributed by atoms with E-state index in [0.717, 1.165) is 22.3 Å². The maximum atomic E-state index is 11.2. The summed E-state index contributed by atoms with van der Waals surface area (Å²) >= 11 is 0. The molecule has 0 saturated carbocycles. The molecule has 2 N–H and O–H groups in total. The van der Waals surface area contributed by atoms with Gasteiger partial charge >= 0.3 is 0 Å². The van der Waals surface area contributed by atoms with E-state index in [-0.39, 0.29) is 0 Å². The Morgan fingerprint density at radius 2 is 1.88 bits per heavy atom. The quantitative estimate of drug-likeness (QED) is 0.772. The van der Waals surface area contributed by atoms with Crippen molar-refractivity contribution in [1.29, 1.82) is 0 Å². The summed E-state index contributed by atoms with van der Waals surface area (Å²) < 4.78 is 17.9. The Balaban J connectivity index is 1.58. The largest absolute Gasteiger partial charge is 0.461 e. The highest BCUT2D eigenvalue weighted by Crippen LogP contribution is 2.57. The van der Waals surface area contributed by atoms with E-state index < -0.39 is 23.8 Å². The van der Waals surface area contributed by atoms with Gasteiger partial charge in [-0.05, 0) is 43.9 Å². The molecule has 1 saturated heterocycles. The molecule has 0 bridgehead atoms. The number of benzene rings is 2. The van der Waals surface area contributed by atoms with Gasteiger partial charge in [-0.3, -0.25) is 0 Å². The molecule has 2 aromatic rings. The van der Waals surface area contributed by atoms with Crippen LogP contribution in [0.15, 0.2) is 36.4 Å². The lowest BCUT2D eigenvalue weighted by molar-refractivity contribution is -0.315. The Morgan fingerprint density at radius 3 is 2.72 bits per heavy atom. The van der Waals surface area contributed by atoms with Crippen molar-refractivity contribution in [2.45, 2.75) is 50.5 Å². The van der Waals surface area contributed by atoms with E-state index in [1.54, 1.807) is 0 Å². The fraction of sp³-hybridized carbons (Fsp3) is 0.400. The first-order valence-corrected chi connectivity index (χ1v) is 8.57. The zero-order valence-corrected chi connectivity index (χ0v) is 14.2. The highest BCUT2D eigenvalue weighted by Gasteiger charge is 2.62. The van der Waals surface area contributed by atoms with E-state index in [0.29, 0.717) is 24.3 Å². The van der Waals surface area contributed by atoms with Gasteiger partial charge in [0.1, 0.15) is 11.5 Å². The third-order valence-corrected chi connectivity index (χ3v) is 5.72. The van der Waals surface area contributed by atoms with Crippen molar-refractivity contribution in [1.82, 2.24) is 0 Å². The zero-order valence-electron chi connectivity index (χ0n) is 14.2. The second-order valence-electron chi connectivity index (χ2n) is 7.30. The number of ether oxygens (including phenoxy) is 3. The molecule has 5 rings (SSSR count). The summed E-state index contributed by atoms with van der Waals surface area (Å²) in [5, 5.41) is 21.8. The van der Waals surface area contributed by atoms with Gasteiger partial charge in [-0.15, -0.1) is 0 Å². The van der Waals surface area contributed by atoms with Crippen LogP contribution in [-0.2, 0) is 15.9 Å². The van der Waals surface area contributed by atoms with Crippen LogP contribution < -0.4 is 9.47 Å². The van der Waals surface area contributed by atoms with Gasteiger partial charge < -0.3 is 24.4 Å². The third kappa shape index (κ3) is 1.83. The van der Waals surface area contributed by atoms with E-state index in [2.05, 4.69) is 0 Å². The summed E-state index contributed by atoms with van der Waals surface area (Å²) in [7, 11) is 0. The molecule has 1 fully saturated rings. The van der Waals surface area contributed by atoms with Crippen LogP contribution in [0.1, 0.15) is 35.1 Å². The predicted octanol–water partition coefficient (Wildman–Crippen LogP) is 2.63. The monoisotopic (exact) mass is 340 g/mol. The normalized spacial score (nSPS) is 34.9. The fourth-order valence-electron chi connectivity index (χ4n) is 4.29. The number of hydrogen-bond donors (Lipinski definition) is 2. The molecule has 5 nitrogen and oxygen atoms in total. The molecule has 1 spiro atoms. The minimum absolute atomic E-state index is 0.419. The summed E-state index contributed by atoms with van der Waals surface area (Å²) in [5.41, 5.74) is 1.34. The Labute approximate surface area is 145 Å². The Bertz CT molecular complexity index is 878. The number of para-hydroxylation sites is 1. The van der Waals surface area contributed by atoms with Crippen LogP contribution in [0, 0.1) is 13.8 Å². The molecule has 2 aromatic carbocycles. The molecular weight excluding hydrogens is 320 g/mol. The van der Waals surface area contributed by atoms with Crippen molar-refractivity contribution in [3.63, 3.8) is 0 Å². The first-order valence-electron chi connectivity index (χ1n) is 8.57. The van der Waals surface area contributed by atoms with Crippen LogP contribution in [0.5, 0.6) is 11.5 Å². The van der Waals surface area contributed by atoms with E-state index >= 15 is 0 Å². The van der Waals surface area contributed by atoms with Crippen LogP contribution in [0.3, 0.4) is 0 Å². The molecule has 3 heterocycles. The summed E-state index contributed by atoms with van der Waals surface area (Å²) in [6.07, 6.45) is -1.14. The molecule has 130 valence electrons. The van der Waals surface area contributed by atoms with Crippen LogP contribution in [0.4, 0.5) is 0 Å². The second-order valence-corrected chi connectivity index (χ2v) is 7.30. The number of fused-ring (bicyclic) bond motifs is 5. The van der Waals surface area contributed by atoms with Crippen molar-refractivity contribution in [3.05, 3.63) is 58.7 Å². The van der Waals surface area contributed by atoms with Gasteiger partial charge in [-0.2, -0.15) is 0 Å². The minimum atomic E-state index is -1.21. The summed E-state index contributed by atoms with van der Waals surface area (Å²) in [6.45, 7) is 3.92. The van der Waals surface area contributed by atoms with Gasteiger partial charge in [0.05, 0.1) is 0 Å². The lowest BCUT2D eigenvalue weighted by Gasteiger charge is -2.43. The maximum absolute atomic E-state index is 11.2. The Kier molecular flexibility index (Phi) is 2.89. The molecule has 4 unspecified atom stereocenters. The average Bonchev–Trinajstić information content (AvgIpc) is 3.01. The number of hydrogen-bond acceptors (Lipinski definition) is 5. The zero-order chi connectivity index (χ0) is 17.4. The number of rotatable bonds is 0. The lowest BCUT2D eigenvalue weighted by Crippen LogP contribution is -2.55. The molecule has 5 heteroatoms. The van der Waals surface area contributed by atoms with Crippen LogP contribution in [0.25, 0.3) is 0 Å². The average molecular weight is 340 g/mol. The van der Waals surface area contributed by atoms with Gasteiger partial charge in [-0.1, -0.05) is 30.3 Å². The number of aliphatic hydroxyl groups excluding tert-OH is 1. The summed E-state index contributed by atoms with van der Waals surface area (Å²) in [5.74, 6) is 1.30. The SMILES string of the molecule is Cc1ccc2c(c1)OC(O)C21CCC2(O)c3cccc(C)c3OC2O1. The van der Waals surface area contributed by atoms with Crippen LogP contribution in [-0.4, -0.2) is 22.8 Å². The second kappa shape index (κ2) is 4.75.